The van der Waals surface area contributed by atoms with Gasteiger partial charge in [-0.25, -0.2) is 4.79 Å². The van der Waals surface area contributed by atoms with E-state index in [1.165, 1.54) is 7.11 Å². The van der Waals surface area contributed by atoms with Crippen molar-refractivity contribution in [3.8, 4) is 5.75 Å². The first-order valence-electron chi connectivity index (χ1n) is 6.00. The number of hydrogen-bond donors (Lipinski definition) is 1. The summed E-state index contributed by atoms with van der Waals surface area (Å²) in [6, 6.07) is 5.25. The van der Waals surface area contributed by atoms with Gasteiger partial charge < -0.3 is 14.6 Å². The second kappa shape index (κ2) is 4.34. The van der Waals surface area contributed by atoms with Gasteiger partial charge in [-0.3, -0.25) is 4.79 Å². The van der Waals surface area contributed by atoms with E-state index < -0.39 is 23.2 Å². The lowest BCUT2D eigenvalue weighted by Crippen LogP contribution is -2.51. The molecule has 6 heteroatoms. The van der Waals surface area contributed by atoms with E-state index in [1.54, 1.807) is 18.2 Å². The van der Waals surface area contributed by atoms with Gasteiger partial charge in [-0.1, -0.05) is 15.9 Å². The van der Waals surface area contributed by atoms with E-state index in [2.05, 4.69) is 15.9 Å². The lowest BCUT2D eigenvalue weighted by Gasteiger charge is -2.33. The molecule has 0 bridgehead atoms. The molecular formula is C14H11BrO5. The zero-order valence-electron chi connectivity index (χ0n) is 10.6. The zero-order valence-corrected chi connectivity index (χ0v) is 12.1. The van der Waals surface area contributed by atoms with Crippen LogP contribution in [0.25, 0.3) is 0 Å². The van der Waals surface area contributed by atoms with Gasteiger partial charge in [-0.15, -0.1) is 0 Å². The fourth-order valence-electron chi connectivity index (χ4n) is 2.79. The van der Waals surface area contributed by atoms with Crippen LogP contribution in [-0.4, -0.2) is 29.6 Å². The standard InChI is InChI=1S/C14H11BrO5/c1-19-13(18)14-10(5-8(16)6-12(14)17)9-4-7(15)2-3-11(9)20-14/h2-4,6,10,17H,5H2,1H3/t10-,14+/m0/s1. The molecule has 0 saturated carbocycles. The number of aliphatic hydroxyl groups excluding tert-OH is 1. The third-order valence-electron chi connectivity index (χ3n) is 3.68. The second-order valence-corrected chi connectivity index (χ2v) is 5.68. The van der Waals surface area contributed by atoms with Crippen LogP contribution in [0.1, 0.15) is 17.9 Å². The normalized spacial score (nSPS) is 27.2. The van der Waals surface area contributed by atoms with Crippen molar-refractivity contribution < 1.29 is 24.2 Å². The minimum Gasteiger partial charge on any atom is -0.507 e. The summed E-state index contributed by atoms with van der Waals surface area (Å²) in [5, 5.41) is 10.1. The molecular weight excluding hydrogens is 328 g/mol. The lowest BCUT2D eigenvalue weighted by molar-refractivity contribution is -0.159. The number of benzene rings is 1. The maximum atomic E-state index is 12.2. The van der Waals surface area contributed by atoms with Crippen molar-refractivity contribution in [2.45, 2.75) is 17.9 Å². The first kappa shape index (κ1) is 13.2. The number of allylic oxidation sites excluding steroid dienone is 1. The van der Waals surface area contributed by atoms with Gasteiger partial charge in [0.2, 0.25) is 0 Å². The van der Waals surface area contributed by atoms with Crippen LogP contribution < -0.4 is 4.74 Å². The smallest absolute Gasteiger partial charge is 0.358 e. The van der Waals surface area contributed by atoms with Gasteiger partial charge in [0.05, 0.1) is 13.0 Å². The van der Waals surface area contributed by atoms with E-state index in [-0.39, 0.29) is 12.2 Å². The molecule has 3 rings (SSSR count). The molecule has 0 radical (unpaired) electrons. The highest BCUT2D eigenvalue weighted by Gasteiger charge is 2.61. The fraction of sp³-hybridized carbons (Fsp3) is 0.286. The molecule has 0 amide bonds. The van der Waals surface area contributed by atoms with Crippen LogP contribution in [0.15, 0.2) is 34.5 Å². The van der Waals surface area contributed by atoms with Crippen molar-refractivity contribution in [3.63, 3.8) is 0 Å². The second-order valence-electron chi connectivity index (χ2n) is 4.76. The van der Waals surface area contributed by atoms with Crippen molar-refractivity contribution in [1.29, 1.82) is 0 Å². The number of methoxy groups -OCH3 is 1. The van der Waals surface area contributed by atoms with Gasteiger partial charge >= 0.3 is 5.97 Å². The summed E-state index contributed by atoms with van der Waals surface area (Å²) in [4.78, 5) is 23.9. The number of carbonyl (C=O) groups is 2. The largest absolute Gasteiger partial charge is 0.507 e. The highest BCUT2D eigenvalue weighted by Crippen LogP contribution is 2.52. The zero-order chi connectivity index (χ0) is 14.5. The Bertz CT molecular complexity index is 651. The van der Waals surface area contributed by atoms with Crippen LogP contribution in [0.5, 0.6) is 5.75 Å². The molecule has 1 N–H and O–H groups in total. The van der Waals surface area contributed by atoms with Gasteiger partial charge in [0.1, 0.15) is 5.75 Å². The highest BCUT2D eigenvalue weighted by atomic mass is 79.9. The number of ketones is 1. The van der Waals surface area contributed by atoms with E-state index >= 15 is 0 Å². The molecule has 0 aromatic heterocycles. The van der Waals surface area contributed by atoms with Gasteiger partial charge in [0.25, 0.3) is 5.60 Å². The fourth-order valence-corrected chi connectivity index (χ4v) is 3.17. The molecule has 5 nitrogen and oxygen atoms in total. The van der Waals surface area contributed by atoms with E-state index in [0.29, 0.717) is 11.3 Å². The molecule has 2 atom stereocenters. The first-order valence-corrected chi connectivity index (χ1v) is 6.79. The molecule has 0 fully saturated rings. The molecule has 2 aliphatic rings. The third-order valence-corrected chi connectivity index (χ3v) is 4.17. The van der Waals surface area contributed by atoms with Crippen LogP contribution in [-0.2, 0) is 14.3 Å². The van der Waals surface area contributed by atoms with Crippen molar-refractivity contribution in [1.82, 2.24) is 0 Å². The van der Waals surface area contributed by atoms with Crippen LogP contribution in [0.4, 0.5) is 0 Å². The summed E-state index contributed by atoms with van der Waals surface area (Å²) in [6.07, 6.45) is 1.12. The summed E-state index contributed by atoms with van der Waals surface area (Å²) in [5.74, 6) is -1.48. The summed E-state index contributed by atoms with van der Waals surface area (Å²) in [7, 11) is 1.22. The molecule has 0 spiro atoms. The minimum atomic E-state index is -1.65. The predicted molar refractivity (Wildman–Crippen MR) is 72.6 cm³/mol. The van der Waals surface area contributed by atoms with E-state index in [4.69, 9.17) is 9.47 Å². The number of ether oxygens (including phenoxy) is 2. The highest BCUT2D eigenvalue weighted by molar-refractivity contribution is 9.10. The molecule has 1 aromatic rings. The molecule has 0 saturated heterocycles. The Morgan fingerprint density at radius 2 is 2.30 bits per heavy atom. The Kier molecular flexibility index (Phi) is 2.86. The summed E-state index contributed by atoms with van der Waals surface area (Å²) in [6.45, 7) is 0. The Morgan fingerprint density at radius 3 is 3.00 bits per heavy atom. The molecule has 20 heavy (non-hydrogen) atoms. The Morgan fingerprint density at radius 1 is 1.55 bits per heavy atom. The quantitative estimate of drug-likeness (QED) is 0.795. The van der Waals surface area contributed by atoms with Gasteiger partial charge in [-0.2, -0.15) is 0 Å². The predicted octanol–water partition coefficient (Wildman–Crippen LogP) is 2.25. The number of fused-ring (bicyclic) bond motifs is 3. The number of aliphatic hydroxyl groups is 1. The van der Waals surface area contributed by atoms with E-state index in [0.717, 1.165) is 10.5 Å². The summed E-state index contributed by atoms with van der Waals surface area (Å²) < 4.78 is 11.3. The van der Waals surface area contributed by atoms with Crippen LogP contribution >= 0.6 is 15.9 Å². The maximum Gasteiger partial charge on any atom is 0.358 e. The minimum absolute atomic E-state index is 0.0859. The van der Waals surface area contributed by atoms with Crippen molar-refractivity contribution in [2.24, 2.45) is 0 Å². The summed E-state index contributed by atoms with van der Waals surface area (Å²) >= 11 is 3.35. The van der Waals surface area contributed by atoms with Crippen molar-refractivity contribution in [3.05, 3.63) is 40.1 Å². The van der Waals surface area contributed by atoms with Crippen molar-refractivity contribution >= 4 is 27.7 Å². The molecule has 1 aromatic carbocycles. The molecule has 1 heterocycles. The number of halogens is 1. The Balaban J connectivity index is 2.22. The van der Waals surface area contributed by atoms with Gasteiger partial charge in [0, 0.05) is 22.5 Å². The molecule has 104 valence electrons. The summed E-state index contributed by atoms with van der Waals surface area (Å²) in [5.41, 5.74) is -0.941. The average molecular weight is 339 g/mol. The monoisotopic (exact) mass is 338 g/mol. The van der Waals surface area contributed by atoms with Gasteiger partial charge in [0.15, 0.2) is 11.5 Å². The Hall–Kier alpha value is -1.82. The molecule has 0 unspecified atom stereocenters. The average Bonchev–Trinajstić information content (AvgIpc) is 2.73. The SMILES string of the molecule is COC(=O)[C@@]12Oc3ccc(Br)cc3[C@@H]1CC(=O)C=C2O. The van der Waals surface area contributed by atoms with E-state index in [9.17, 15) is 14.7 Å². The first-order chi connectivity index (χ1) is 9.49. The topological polar surface area (TPSA) is 72.8 Å². The maximum absolute atomic E-state index is 12.2. The van der Waals surface area contributed by atoms with Crippen LogP contribution in [0.3, 0.4) is 0 Å². The number of esters is 1. The number of rotatable bonds is 1. The number of carbonyl (C=O) groups excluding carboxylic acids is 2. The van der Waals surface area contributed by atoms with Crippen molar-refractivity contribution in [2.75, 3.05) is 7.11 Å². The molecule has 1 aliphatic carbocycles. The molecule has 1 aliphatic heterocycles. The van der Waals surface area contributed by atoms with Crippen LogP contribution in [0, 0.1) is 0 Å². The lowest BCUT2D eigenvalue weighted by atomic mass is 9.75. The van der Waals surface area contributed by atoms with E-state index in [1.807, 2.05) is 0 Å². The van der Waals surface area contributed by atoms with Gasteiger partial charge in [-0.05, 0) is 18.2 Å². The number of hydrogen-bond acceptors (Lipinski definition) is 5. The van der Waals surface area contributed by atoms with Crippen LogP contribution in [0.2, 0.25) is 0 Å². The third kappa shape index (κ3) is 1.61. The Labute approximate surface area is 123 Å².